The Morgan fingerprint density at radius 3 is 2.37 bits per heavy atom. The van der Waals surface area contributed by atoms with Crippen molar-refractivity contribution in [3.05, 3.63) is 38.3 Å². The van der Waals surface area contributed by atoms with Gasteiger partial charge in [-0.1, -0.05) is 43.6 Å². The van der Waals surface area contributed by atoms with E-state index in [-0.39, 0.29) is 21.4 Å². The van der Waals surface area contributed by atoms with E-state index in [4.69, 9.17) is 0 Å². The van der Waals surface area contributed by atoms with E-state index in [1.165, 1.54) is 0 Å². The van der Waals surface area contributed by atoms with Crippen molar-refractivity contribution in [2.24, 2.45) is 10.8 Å². The molecule has 104 valence electrons. The first-order chi connectivity index (χ1) is 8.68. The lowest BCUT2D eigenvalue weighted by Gasteiger charge is -2.07. The van der Waals surface area contributed by atoms with Crippen molar-refractivity contribution in [1.29, 1.82) is 0 Å². The molecular formula is C14H19BrN2O2. The number of benzene rings is 1. The highest BCUT2D eigenvalue weighted by atomic mass is 79.9. The van der Waals surface area contributed by atoms with Gasteiger partial charge in [-0.05, 0) is 23.0 Å². The first-order valence-corrected chi connectivity index (χ1v) is 7.13. The number of hydrogen-bond acceptors (Lipinski definition) is 3. The van der Waals surface area contributed by atoms with Crippen LogP contribution in [-0.2, 0) is 6.54 Å². The van der Waals surface area contributed by atoms with Gasteiger partial charge in [-0.25, -0.2) is 0 Å². The second-order valence-electron chi connectivity index (χ2n) is 6.29. The zero-order valence-corrected chi connectivity index (χ0v) is 13.2. The summed E-state index contributed by atoms with van der Waals surface area (Å²) in [4.78, 5) is 10.7. The van der Waals surface area contributed by atoms with Crippen molar-refractivity contribution in [3.8, 4) is 0 Å². The van der Waals surface area contributed by atoms with Crippen molar-refractivity contribution in [1.82, 2.24) is 5.32 Å². The molecule has 0 atom stereocenters. The summed E-state index contributed by atoms with van der Waals surface area (Å²) >= 11 is 3.36. The van der Waals surface area contributed by atoms with Gasteiger partial charge in [0.05, 0.1) is 4.92 Å². The van der Waals surface area contributed by atoms with E-state index in [0.29, 0.717) is 12.6 Å². The molecule has 1 saturated carbocycles. The van der Waals surface area contributed by atoms with Gasteiger partial charge in [0.15, 0.2) is 0 Å². The molecule has 1 fully saturated rings. The predicted molar refractivity (Wildman–Crippen MR) is 79.0 cm³/mol. The molecule has 0 aromatic heterocycles. The number of nitrogens with zero attached hydrogens (tertiary/aromatic N) is 1. The van der Waals surface area contributed by atoms with Crippen LogP contribution in [0.3, 0.4) is 0 Å². The lowest BCUT2D eigenvalue weighted by Crippen LogP contribution is -2.22. The lowest BCUT2D eigenvalue weighted by atomic mass is 10.0. The van der Waals surface area contributed by atoms with E-state index >= 15 is 0 Å². The van der Waals surface area contributed by atoms with Gasteiger partial charge in [-0.2, -0.15) is 0 Å². The van der Waals surface area contributed by atoms with Crippen molar-refractivity contribution in [2.75, 3.05) is 0 Å². The Morgan fingerprint density at radius 1 is 1.32 bits per heavy atom. The number of nitro benzene ring substituents is 1. The van der Waals surface area contributed by atoms with E-state index in [0.717, 1.165) is 10.0 Å². The van der Waals surface area contributed by atoms with Crippen LogP contribution in [0, 0.1) is 20.9 Å². The normalized spacial score (nSPS) is 20.3. The minimum atomic E-state index is -0.327. The SMILES string of the molecule is CC1(C)C(NCc2cc(Br)ccc2[N+](=O)[O-])C1(C)C. The van der Waals surface area contributed by atoms with Gasteiger partial charge in [0.1, 0.15) is 0 Å². The van der Waals surface area contributed by atoms with E-state index in [1.54, 1.807) is 12.1 Å². The quantitative estimate of drug-likeness (QED) is 0.674. The Bertz CT molecular complexity index is 512. The highest BCUT2D eigenvalue weighted by Gasteiger charge is 2.64. The Balaban J connectivity index is 2.13. The molecule has 0 saturated heterocycles. The summed E-state index contributed by atoms with van der Waals surface area (Å²) in [5.41, 5.74) is 1.35. The molecular weight excluding hydrogens is 308 g/mol. The summed E-state index contributed by atoms with van der Waals surface area (Å²) in [7, 11) is 0. The van der Waals surface area contributed by atoms with Gasteiger partial charge in [-0.15, -0.1) is 0 Å². The summed E-state index contributed by atoms with van der Waals surface area (Å²) in [6, 6.07) is 5.45. The number of nitrogens with one attached hydrogen (secondary N) is 1. The van der Waals surface area contributed by atoms with Gasteiger partial charge in [0, 0.05) is 28.7 Å². The standard InChI is InChI=1S/C14H19BrN2O2/c1-13(2)12(14(13,3)4)16-8-9-7-10(15)5-6-11(9)17(18)19/h5-7,12,16H,8H2,1-4H3. The van der Waals surface area contributed by atoms with Gasteiger partial charge in [0.25, 0.3) is 5.69 Å². The second kappa shape index (κ2) is 4.56. The fourth-order valence-electron chi connectivity index (χ4n) is 2.79. The molecule has 1 aliphatic rings. The molecule has 0 bridgehead atoms. The predicted octanol–water partition coefficient (Wildman–Crippen LogP) is 3.88. The van der Waals surface area contributed by atoms with Crippen LogP contribution in [-0.4, -0.2) is 11.0 Å². The molecule has 0 aliphatic heterocycles. The zero-order chi connectivity index (χ0) is 14.4. The zero-order valence-electron chi connectivity index (χ0n) is 11.7. The fraction of sp³-hybridized carbons (Fsp3) is 0.571. The van der Waals surface area contributed by atoms with E-state index in [2.05, 4.69) is 48.9 Å². The van der Waals surface area contributed by atoms with Gasteiger partial charge in [-0.3, -0.25) is 10.1 Å². The Hall–Kier alpha value is -0.940. The van der Waals surface area contributed by atoms with Crippen molar-refractivity contribution >= 4 is 21.6 Å². The molecule has 1 aromatic rings. The van der Waals surface area contributed by atoms with Crippen molar-refractivity contribution in [3.63, 3.8) is 0 Å². The van der Waals surface area contributed by atoms with E-state index in [1.807, 2.05) is 6.07 Å². The van der Waals surface area contributed by atoms with E-state index < -0.39 is 0 Å². The number of rotatable bonds is 4. The molecule has 1 aromatic carbocycles. The number of nitro groups is 1. The smallest absolute Gasteiger partial charge is 0.273 e. The summed E-state index contributed by atoms with van der Waals surface area (Å²) in [5.74, 6) is 0. The van der Waals surface area contributed by atoms with Gasteiger partial charge < -0.3 is 5.32 Å². The van der Waals surface area contributed by atoms with Crippen LogP contribution in [0.15, 0.2) is 22.7 Å². The van der Waals surface area contributed by atoms with Crippen LogP contribution < -0.4 is 5.32 Å². The summed E-state index contributed by atoms with van der Waals surface area (Å²) in [6.45, 7) is 9.41. The van der Waals surface area contributed by atoms with Gasteiger partial charge >= 0.3 is 0 Å². The molecule has 19 heavy (non-hydrogen) atoms. The third-order valence-electron chi connectivity index (χ3n) is 4.76. The van der Waals surface area contributed by atoms with Crippen LogP contribution >= 0.6 is 15.9 Å². The topological polar surface area (TPSA) is 55.2 Å². The van der Waals surface area contributed by atoms with Crippen molar-refractivity contribution < 1.29 is 4.92 Å². The average molecular weight is 327 g/mol. The maximum atomic E-state index is 11.0. The molecule has 1 aliphatic carbocycles. The molecule has 4 nitrogen and oxygen atoms in total. The molecule has 0 amide bonds. The number of hydrogen-bond donors (Lipinski definition) is 1. The molecule has 1 N–H and O–H groups in total. The second-order valence-corrected chi connectivity index (χ2v) is 7.20. The van der Waals surface area contributed by atoms with Crippen LogP contribution in [0.25, 0.3) is 0 Å². The maximum absolute atomic E-state index is 11.0. The minimum Gasteiger partial charge on any atom is -0.309 e. The van der Waals surface area contributed by atoms with Crippen LogP contribution in [0.4, 0.5) is 5.69 Å². The molecule has 5 heteroatoms. The summed E-state index contributed by atoms with van der Waals surface area (Å²) < 4.78 is 0.865. The fourth-order valence-corrected chi connectivity index (χ4v) is 3.20. The summed E-state index contributed by atoms with van der Waals surface area (Å²) in [5, 5.41) is 14.5. The van der Waals surface area contributed by atoms with Crippen LogP contribution in [0.2, 0.25) is 0 Å². The summed E-state index contributed by atoms with van der Waals surface area (Å²) in [6.07, 6.45) is 0. The third-order valence-corrected chi connectivity index (χ3v) is 5.25. The lowest BCUT2D eigenvalue weighted by molar-refractivity contribution is -0.385. The molecule has 0 unspecified atom stereocenters. The third kappa shape index (κ3) is 2.41. The minimum absolute atomic E-state index is 0.173. The van der Waals surface area contributed by atoms with Crippen LogP contribution in [0.1, 0.15) is 33.3 Å². The molecule has 0 heterocycles. The highest BCUT2D eigenvalue weighted by molar-refractivity contribution is 9.10. The van der Waals surface area contributed by atoms with Crippen LogP contribution in [0.5, 0.6) is 0 Å². The maximum Gasteiger partial charge on any atom is 0.273 e. The van der Waals surface area contributed by atoms with E-state index in [9.17, 15) is 10.1 Å². The average Bonchev–Trinajstić information content (AvgIpc) is 2.66. The largest absolute Gasteiger partial charge is 0.309 e. The Kier molecular flexibility index (Phi) is 3.47. The first kappa shape index (κ1) is 14.5. The monoisotopic (exact) mass is 326 g/mol. The van der Waals surface area contributed by atoms with Crippen molar-refractivity contribution in [2.45, 2.75) is 40.3 Å². The molecule has 0 radical (unpaired) electrons. The Morgan fingerprint density at radius 2 is 1.89 bits per heavy atom. The molecule has 2 rings (SSSR count). The van der Waals surface area contributed by atoms with Gasteiger partial charge in [0.2, 0.25) is 0 Å². The number of halogens is 1. The first-order valence-electron chi connectivity index (χ1n) is 6.34. The Labute approximate surface area is 121 Å². The highest BCUT2D eigenvalue weighted by Crippen LogP contribution is 2.62. The molecule has 0 spiro atoms.